The normalized spacial score (nSPS) is 13.5. The van der Waals surface area contributed by atoms with Crippen LogP contribution in [0.4, 0.5) is 22.7 Å². The minimum atomic E-state index is -0.457. The molecule has 178 valence electrons. The summed E-state index contributed by atoms with van der Waals surface area (Å²) in [6.07, 6.45) is 0. The summed E-state index contributed by atoms with van der Waals surface area (Å²) >= 11 is 0. The van der Waals surface area contributed by atoms with Crippen LogP contribution in [0.25, 0.3) is 11.3 Å². The topological polar surface area (TPSA) is 87.5 Å². The van der Waals surface area contributed by atoms with Gasteiger partial charge in [-0.1, -0.05) is 60.7 Å². The summed E-state index contributed by atoms with van der Waals surface area (Å²) in [5.41, 5.74) is 5.82. The molecule has 1 heterocycles. The molecule has 0 atom stereocenters. The van der Waals surface area contributed by atoms with E-state index < -0.39 is 4.92 Å². The van der Waals surface area contributed by atoms with Gasteiger partial charge in [0.25, 0.3) is 11.6 Å². The molecule has 2 N–H and O–H groups in total. The molecule has 4 aromatic rings. The Labute approximate surface area is 208 Å². The monoisotopic (exact) mass is 476 g/mol. The summed E-state index contributed by atoms with van der Waals surface area (Å²) in [5, 5.41) is 17.6. The van der Waals surface area contributed by atoms with Gasteiger partial charge >= 0.3 is 0 Å². The van der Waals surface area contributed by atoms with E-state index in [1.807, 2.05) is 72.8 Å². The van der Waals surface area contributed by atoms with Crippen LogP contribution in [0.1, 0.15) is 16.7 Å². The van der Waals surface area contributed by atoms with E-state index in [-0.39, 0.29) is 11.6 Å². The van der Waals surface area contributed by atoms with Crippen LogP contribution < -0.4 is 15.5 Å². The number of anilines is 3. The summed E-state index contributed by atoms with van der Waals surface area (Å²) in [6.45, 7) is 0.746. The van der Waals surface area contributed by atoms with Crippen molar-refractivity contribution in [3.8, 4) is 0 Å². The number of rotatable bonds is 7. The van der Waals surface area contributed by atoms with Gasteiger partial charge in [-0.15, -0.1) is 0 Å². The van der Waals surface area contributed by atoms with Crippen LogP contribution in [0, 0.1) is 10.1 Å². The van der Waals surface area contributed by atoms with E-state index >= 15 is 0 Å². The Morgan fingerprint density at radius 1 is 0.917 bits per heavy atom. The van der Waals surface area contributed by atoms with E-state index in [1.165, 1.54) is 12.1 Å². The van der Waals surface area contributed by atoms with Crippen LogP contribution in [-0.2, 0) is 11.3 Å². The first kappa shape index (κ1) is 22.9. The minimum absolute atomic E-state index is 0.0675. The van der Waals surface area contributed by atoms with Crippen molar-refractivity contribution in [3.05, 3.63) is 130 Å². The molecule has 0 saturated carbocycles. The Kier molecular flexibility index (Phi) is 6.19. The van der Waals surface area contributed by atoms with Gasteiger partial charge in [-0.05, 0) is 41.5 Å². The predicted molar refractivity (Wildman–Crippen MR) is 144 cm³/mol. The highest BCUT2D eigenvalue weighted by molar-refractivity contribution is 6.37. The third kappa shape index (κ3) is 4.67. The van der Waals surface area contributed by atoms with Crippen molar-refractivity contribution in [2.45, 2.75) is 6.54 Å². The number of amides is 1. The molecule has 0 saturated heterocycles. The maximum absolute atomic E-state index is 13.0. The molecule has 36 heavy (non-hydrogen) atoms. The molecule has 0 aliphatic carbocycles. The van der Waals surface area contributed by atoms with Crippen LogP contribution in [0.3, 0.4) is 0 Å². The number of nitrogens with zero attached hydrogens (tertiary/aromatic N) is 2. The molecule has 1 amide bonds. The number of hydrogen-bond donors (Lipinski definition) is 2. The minimum Gasteiger partial charge on any atom is -0.370 e. The maximum atomic E-state index is 13.0. The third-order valence-corrected chi connectivity index (χ3v) is 6.11. The number of nitro groups is 1. The zero-order valence-corrected chi connectivity index (χ0v) is 19.6. The fourth-order valence-electron chi connectivity index (χ4n) is 4.29. The summed E-state index contributed by atoms with van der Waals surface area (Å²) in [6, 6.07) is 32.1. The molecule has 0 unspecified atom stereocenters. The average molecular weight is 477 g/mol. The lowest BCUT2D eigenvalue weighted by Gasteiger charge is -2.20. The van der Waals surface area contributed by atoms with E-state index in [9.17, 15) is 14.9 Å². The standard InChI is InChI=1S/C29H24N4O3/c1-32(23-10-6-3-7-11-23)19-20-12-14-22(15-13-20)30-28(21-8-4-2-5-9-21)27-25-18-24(33(35)36)16-17-26(25)31-29(27)34/h2-18,30H,19H2,1H3,(H,31,34)/b28-27-. The number of benzene rings is 4. The highest BCUT2D eigenvalue weighted by Crippen LogP contribution is 2.39. The molecule has 1 aliphatic heterocycles. The van der Waals surface area contributed by atoms with Crippen molar-refractivity contribution in [1.82, 2.24) is 0 Å². The summed E-state index contributed by atoms with van der Waals surface area (Å²) in [4.78, 5) is 26.1. The number of nitro benzene ring substituents is 1. The third-order valence-electron chi connectivity index (χ3n) is 6.11. The zero-order chi connectivity index (χ0) is 25.1. The summed E-state index contributed by atoms with van der Waals surface area (Å²) in [5.74, 6) is -0.307. The van der Waals surface area contributed by atoms with E-state index in [0.717, 1.165) is 29.0 Å². The lowest BCUT2D eigenvalue weighted by atomic mass is 9.99. The first-order valence-corrected chi connectivity index (χ1v) is 11.5. The van der Waals surface area contributed by atoms with Crippen LogP contribution in [0.2, 0.25) is 0 Å². The molecule has 4 aromatic carbocycles. The quantitative estimate of drug-likeness (QED) is 0.189. The Morgan fingerprint density at radius 3 is 2.25 bits per heavy atom. The molecule has 7 nitrogen and oxygen atoms in total. The lowest BCUT2D eigenvalue weighted by Crippen LogP contribution is -2.16. The lowest BCUT2D eigenvalue weighted by molar-refractivity contribution is -0.384. The average Bonchev–Trinajstić information content (AvgIpc) is 3.24. The number of nitrogens with one attached hydrogen (secondary N) is 2. The molecule has 0 fully saturated rings. The molecule has 0 radical (unpaired) electrons. The predicted octanol–water partition coefficient (Wildman–Crippen LogP) is 6.16. The maximum Gasteiger partial charge on any atom is 0.270 e. The van der Waals surface area contributed by atoms with Gasteiger partial charge in [0.15, 0.2) is 0 Å². The Morgan fingerprint density at radius 2 is 1.58 bits per heavy atom. The molecular formula is C29H24N4O3. The molecule has 0 aromatic heterocycles. The van der Waals surface area contributed by atoms with E-state index in [2.05, 4.69) is 34.7 Å². The van der Waals surface area contributed by atoms with E-state index in [4.69, 9.17) is 0 Å². The van der Waals surface area contributed by atoms with E-state index in [1.54, 1.807) is 6.07 Å². The second-order valence-corrected chi connectivity index (χ2v) is 8.57. The van der Waals surface area contributed by atoms with Crippen LogP contribution >= 0.6 is 0 Å². The second-order valence-electron chi connectivity index (χ2n) is 8.57. The van der Waals surface area contributed by atoms with Gasteiger partial charge in [0.2, 0.25) is 0 Å². The van der Waals surface area contributed by atoms with Crippen molar-refractivity contribution >= 4 is 39.9 Å². The van der Waals surface area contributed by atoms with Crippen LogP contribution in [-0.4, -0.2) is 17.9 Å². The smallest absolute Gasteiger partial charge is 0.270 e. The number of fused-ring (bicyclic) bond motifs is 1. The highest BCUT2D eigenvalue weighted by atomic mass is 16.6. The number of carbonyl (C=O) groups excluding carboxylic acids is 1. The number of para-hydroxylation sites is 1. The molecule has 0 bridgehead atoms. The van der Waals surface area contributed by atoms with Crippen molar-refractivity contribution in [2.24, 2.45) is 0 Å². The van der Waals surface area contributed by atoms with Crippen LogP contribution in [0.15, 0.2) is 103 Å². The molecule has 0 spiro atoms. The van der Waals surface area contributed by atoms with Gasteiger partial charge in [-0.2, -0.15) is 0 Å². The van der Waals surface area contributed by atoms with Crippen molar-refractivity contribution < 1.29 is 9.72 Å². The zero-order valence-electron chi connectivity index (χ0n) is 19.6. The van der Waals surface area contributed by atoms with Crippen LogP contribution in [0.5, 0.6) is 0 Å². The fourth-order valence-corrected chi connectivity index (χ4v) is 4.29. The number of hydrogen-bond acceptors (Lipinski definition) is 5. The Bertz CT molecular complexity index is 1450. The number of carbonyl (C=O) groups is 1. The Balaban J connectivity index is 1.49. The SMILES string of the molecule is CN(Cc1ccc(N/C(=C2\C(=O)Nc3ccc([N+](=O)[O-])cc32)c2ccccc2)cc1)c1ccccc1. The first-order valence-electron chi connectivity index (χ1n) is 11.5. The van der Waals surface area contributed by atoms with Gasteiger partial charge in [0.1, 0.15) is 0 Å². The largest absolute Gasteiger partial charge is 0.370 e. The van der Waals surface area contributed by atoms with Gasteiger partial charge in [0.05, 0.1) is 16.2 Å². The molecule has 1 aliphatic rings. The Hall–Kier alpha value is -4.91. The van der Waals surface area contributed by atoms with Gasteiger partial charge in [-0.3, -0.25) is 14.9 Å². The van der Waals surface area contributed by atoms with Crippen molar-refractivity contribution in [1.29, 1.82) is 0 Å². The van der Waals surface area contributed by atoms with Crippen molar-refractivity contribution in [2.75, 3.05) is 22.6 Å². The summed E-state index contributed by atoms with van der Waals surface area (Å²) < 4.78 is 0. The van der Waals surface area contributed by atoms with Gasteiger partial charge < -0.3 is 15.5 Å². The summed E-state index contributed by atoms with van der Waals surface area (Å²) in [7, 11) is 2.05. The molecular weight excluding hydrogens is 452 g/mol. The fraction of sp³-hybridized carbons (Fsp3) is 0.0690. The van der Waals surface area contributed by atoms with Gasteiger partial charge in [-0.25, -0.2) is 0 Å². The molecule has 7 heteroatoms. The molecule has 5 rings (SSSR count). The van der Waals surface area contributed by atoms with Gasteiger partial charge in [0, 0.05) is 48.4 Å². The highest BCUT2D eigenvalue weighted by Gasteiger charge is 2.30. The number of non-ortho nitro benzene ring substituents is 1. The first-order chi connectivity index (χ1) is 17.5. The van der Waals surface area contributed by atoms with E-state index in [0.29, 0.717) is 22.5 Å². The second kappa shape index (κ2) is 9.76. The van der Waals surface area contributed by atoms with Crippen molar-refractivity contribution in [3.63, 3.8) is 0 Å².